The maximum Gasteiger partial charge on any atom is 0.337 e. The smallest absolute Gasteiger partial charge is 0.337 e. The summed E-state index contributed by atoms with van der Waals surface area (Å²) in [5, 5.41) is 8.88. The van der Waals surface area contributed by atoms with Gasteiger partial charge in [-0.2, -0.15) is 0 Å². The molecule has 0 aromatic heterocycles. The summed E-state index contributed by atoms with van der Waals surface area (Å²) in [6.45, 7) is 1.84. The molecule has 0 bridgehead atoms. The van der Waals surface area contributed by atoms with Crippen molar-refractivity contribution in [1.29, 1.82) is 0 Å². The van der Waals surface area contributed by atoms with E-state index >= 15 is 0 Å². The largest absolute Gasteiger partial charge is 0.478 e. The second-order valence-electron chi connectivity index (χ2n) is 4.61. The van der Waals surface area contributed by atoms with Crippen molar-refractivity contribution in [1.82, 2.24) is 0 Å². The molecule has 1 aliphatic rings. The molecule has 2 amide bonds. The minimum absolute atomic E-state index is 0.00391. The molecule has 1 saturated heterocycles. The maximum atomic E-state index is 11.9. The highest BCUT2D eigenvalue weighted by Crippen LogP contribution is 2.28. The number of nitrogens with zero attached hydrogens (tertiary/aromatic N) is 1. The number of carbonyl (C=O) groups excluding carboxylic acids is 2. The lowest BCUT2D eigenvalue weighted by Crippen LogP contribution is -2.42. The SMILES string of the molecule is CC1CC(=O)N(c2ccc(C(=O)O)c(Cl)c2)C(=O)C1. The van der Waals surface area contributed by atoms with Crippen molar-refractivity contribution >= 4 is 35.1 Å². The van der Waals surface area contributed by atoms with Gasteiger partial charge in [0.05, 0.1) is 16.3 Å². The number of piperidine rings is 1. The number of carbonyl (C=O) groups is 3. The number of anilines is 1. The summed E-state index contributed by atoms with van der Waals surface area (Å²) in [6, 6.07) is 4.04. The first-order valence-electron chi connectivity index (χ1n) is 5.78. The molecular weight excluding hydrogens is 270 g/mol. The van der Waals surface area contributed by atoms with Crippen LogP contribution in [0.1, 0.15) is 30.1 Å². The van der Waals surface area contributed by atoms with Crippen molar-refractivity contribution in [3.63, 3.8) is 0 Å². The number of carboxylic acid groups (broad SMARTS) is 1. The minimum Gasteiger partial charge on any atom is -0.478 e. The summed E-state index contributed by atoms with van der Waals surface area (Å²) in [5.74, 6) is -1.70. The van der Waals surface area contributed by atoms with Crippen LogP contribution in [0.4, 0.5) is 5.69 Å². The highest BCUT2D eigenvalue weighted by Gasteiger charge is 2.31. The molecule has 1 heterocycles. The first kappa shape index (κ1) is 13.5. The van der Waals surface area contributed by atoms with E-state index < -0.39 is 5.97 Å². The van der Waals surface area contributed by atoms with E-state index in [2.05, 4.69) is 0 Å². The molecule has 0 radical (unpaired) electrons. The lowest BCUT2D eigenvalue weighted by Gasteiger charge is -2.28. The molecule has 1 aromatic carbocycles. The monoisotopic (exact) mass is 281 g/mol. The van der Waals surface area contributed by atoms with Gasteiger partial charge in [0, 0.05) is 12.8 Å². The predicted octanol–water partition coefficient (Wildman–Crippen LogP) is 2.33. The molecular formula is C13H12ClNO4. The summed E-state index contributed by atoms with van der Waals surface area (Å²) in [4.78, 5) is 35.7. The number of aromatic carboxylic acids is 1. The molecule has 0 unspecified atom stereocenters. The van der Waals surface area contributed by atoms with Crippen LogP contribution in [0.5, 0.6) is 0 Å². The third-order valence-electron chi connectivity index (χ3n) is 2.99. The van der Waals surface area contributed by atoms with Gasteiger partial charge in [-0.05, 0) is 24.1 Å². The van der Waals surface area contributed by atoms with Crippen molar-refractivity contribution in [2.45, 2.75) is 19.8 Å². The number of hydrogen-bond acceptors (Lipinski definition) is 3. The Morgan fingerprint density at radius 1 is 1.32 bits per heavy atom. The summed E-state index contributed by atoms with van der Waals surface area (Å²) in [5.41, 5.74) is 0.257. The molecule has 1 aliphatic heterocycles. The third kappa shape index (κ3) is 2.61. The molecule has 0 aliphatic carbocycles. The van der Waals surface area contributed by atoms with Crippen LogP contribution in [-0.2, 0) is 9.59 Å². The van der Waals surface area contributed by atoms with Crippen molar-refractivity contribution < 1.29 is 19.5 Å². The number of carboxylic acids is 1. The second kappa shape index (κ2) is 5.01. The van der Waals surface area contributed by atoms with Crippen LogP contribution in [-0.4, -0.2) is 22.9 Å². The molecule has 0 saturated carbocycles. The fourth-order valence-electron chi connectivity index (χ4n) is 2.09. The summed E-state index contributed by atoms with van der Waals surface area (Å²) < 4.78 is 0. The Labute approximate surface area is 114 Å². The van der Waals surface area contributed by atoms with E-state index in [-0.39, 0.29) is 28.3 Å². The van der Waals surface area contributed by atoms with Crippen molar-refractivity contribution in [3.05, 3.63) is 28.8 Å². The summed E-state index contributed by atoms with van der Waals surface area (Å²) >= 11 is 5.84. The first-order valence-corrected chi connectivity index (χ1v) is 6.16. The van der Waals surface area contributed by atoms with Crippen LogP contribution >= 0.6 is 11.6 Å². The van der Waals surface area contributed by atoms with Gasteiger partial charge >= 0.3 is 5.97 Å². The number of hydrogen-bond donors (Lipinski definition) is 1. The van der Waals surface area contributed by atoms with E-state index in [4.69, 9.17) is 16.7 Å². The van der Waals surface area contributed by atoms with Gasteiger partial charge in [0.1, 0.15) is 0 Å². The van der Waals surface area contributed by atoms with Gasteiger partial charge in [-0.25, -0.2) is 4.79 Å². The van der Waals surface area contributed by atoms with E-state index in [1.807, 2.05) is 6.92 Å². The first-order chi connectivity index (χ1) is 8.90. The van der Waals surface area contributed by atoms with Crippen molar-refractivity contribution in [3.8, 4) is 0 Å². The molecule has 6 heteroatoms. The van der Waals surface area contributed by atoms with Crippen LogP contribution in [0.3, 0.4) is 0 Å². The number of amides is 2. The van der Waals surface area contributed by atoms with Gasteiger partial charge in [-0.15, -0.1) is 0 Å². The number of halogens is 1. The predicted molar refractivity (Wildman–Crippen MR) is 69.3 cm³/mol. The second-order valence-corrected chi connectivity index (χ2v) is 5.01. The van der Waals surface area contributed by atoms with Crippen molar-refractivity contribution in [2.75, 3.05) is 4.90 Å². The fraction of sp³-hybridized carbons (Fsp3) is 0.308. The highest BCUT2D eigenvalue weighted by molar-refractivity contribution is 6.34. The molecule has 0 atom stereocenters. The summed E-state index contributed by atoms with van der Waals surface area (Å²) in [7, 11) is 0. The molecule has 100 valence electrons. The Hall–Kier alpha value is -1.88. The van der Waals surface area contributed by atoms with E-state index in [1.54, 1.807) is 0 Å². The van der Waals surface area contributed by atoms with Gasteiger partial charge in [-0.1, -0.05) is 18.5 Å². The zero-order chi connectivity index (χ0) is 14.2. The van der Waals surface area contributed by atoms with Crippen LogP contribution in [0, 0.1) is 5.92 Å². The molecule has 1 aromatic rings. The Balaban J connectivity index is 2.37. The topological polar surface area (TPSA) is 74.7 Å². The standard InChI is InChI=1S/C13H12ClNO4/c1-7-4-11(16)15(12(17)5-7)8-2-3-9(13(18)19)10(14)6-8/h2-3,6-7H,4-5H2,1H3,(H,18,19). The fourth-order valence-corrected chi connectivity index (χ4v) is 2.35. The Kier molecular flexibility index (Phi) is 3.57. The van der Waals surface area contributed by atoms with Gasteiger partial charge in [0.15, 0.2) is 0 Å². The number of imide groups is 1. The zero-order valence-corrected chi connectivity index (χ0v) is 11.0. The van der Waals surface area contributed by atoms with Crippen LogP contribution in [0.2, 0.25) is 5.02 Å². The van der Waals surface area contributed by atoms with Gasteiger partial charge in [0.2, 0.25) is 11.8 Å². The molecule has 2 rings (SSSR count). The molecule has 1 fully saturated rings. The van der Waals surface area contributed by atoms with E-state index in [9.17, 15) is 14.4 Å². The number of benzene rings is 1. The Morgan fingerprint density at radius 3 is 2.37 bits per heavy atom. The van der Waals surface area contributed by atoms with Crippen LogP contribution in [0.15, 0.2) is 18.2 Å². The van der Waals surface area contributed by atoms with E-state index in [0.717, 1.165) is 4.90 Å². The number of rotatable bonds is 2. The lowest BCUT2D eigenvalue weighted by molar-refractivity contribution is -0.130. The zero-order valence-electron chi connectivity index (χ0n) is 10.2. The van der Waals surface area contributed by atoms with Crippen LogP contribution in [0.25, 0.3) is 0 Å². The van der Waals surface area contributed by atoms with Crippen molar-refractivity contribution in [2.24, 2.45) is 5.92 Å². The van der Waals surface area contributed by atoms with Gasteiger partial charge in [-0.3, -0.25) is 14.5 Å². The quantitative estimate of drug-likeness (QED) is 0.844. The Bertz CT molecular complexity index is 552. The average molecular weight is 282 g/mol. The van der Waals surface area contributed by atoms with Gasteiger partial charge in [0.25, 0.3) is 0 Å². The molecule has 1 N–H and O–H groups in total. The molecule has 0 spiro atoms. The third-order valence-corrected chi connectivity index (χ3v) is 3.30. The summed E-state index contributed by atoms with van der Waals surface area (Å²) in [6.07, 6.45) is 0.591. The molecule has 19 heavy (non-hydrogen) atoms. The highest BCUT2D eigenvalue weighted by atomic mass is 35.5. The lowest BCUT2D eigenvalue weighted by atomic mass is 9.97. The Morgan fingerprint density at radius 2 is 1.89 bits per heavy atom. The average Bonchev–Trinajstić information content (AvgIpc) is 2.26. The van der Waals surface area contributed by atoms with E-state index in [0.29, 0.717) is 18.5 Å². The minimum atomic E-state index is -1.15. The maximum absolute atomic E-state index is 11.9. The van der Waals surface area contributed by atoms with Gasteiger partial charge < -0.3 is 5.11 Å². The van der Waals surface area contributed by atoms with Crippen LogP contribution < -0.4 is 4.90 Å². The normalized spacial score (nSPS) is 16.8. The molecule has 5 nitrogen and oxygen atoms in total. The van der Waals surface area contributed by atoms with E-state index in [1.165, 1.54) is 18.2 Å².